The highest BCUT2D eigenvalue weighted by Gasteiger charge is 2.30. The van der Waals surface area contributed by atoms with Crippen LogP contribution in [0, 0.1) is 22.9 Å². The molecule has 2 heterocycles. The summed E-state index contributed by atoms with van der Waals surface area (Å²) >= 11 is 0. The number of halogens is 1. The number of fused-ring (bicyclic) bond motifs is 1. The number of hydrogen-bond acceptors (Lipinski definition) is 6. The summed E-state index contributed by atoms with van der Waals surface area (Å²) in [5.74, 6) is -1.88. The largest absolute Gasteiger partial charge is 0.477 e. The average Bonchev–Trinajstić information content (AvgIpc) is 3.71. The van der Waals surface area contributed by atoms with E-state index in [1.807, 2.05) is 9.47 Å². The van der Waals surface area contributed by atoms with Crippen molar-refractivity contribution in [2.75, 3.05) is 18.0 Å². The molecule has 2 aromatic carbocycles. The van der Waals surface area contributed by atoms with Gasteiger partial charge in [0.1, 0.15) is 11.4 Å². The number of nitrogens with zero attached hydrogens (tertiary/aromatic N) is 4. The van der Waals surface area contributed by atoms with Crippen LogP contribution in [0.25, 0.3) is 10.9 Å². The van der Waals surface area contributed by atoms with Gasteiger partial charge in [-0.3, -0.25) is 19.9 Å². The van der Waals surface area contributed by atoms with Gasteiger partial charge in [-0.15, -0.1) is 0 Å². The normalized spacial score (nSPS) is 18.3. The van der Waals surface area contributed by atoms with Crippen molar-refractivity contribution in [1.82, 2.24) is 4.57 Å². The molecular formula is C27H27FN4O5. The van der Waals surface area contributed by atoms with E-state index in [1.165, 1.54) is 24.4 Å². The number of aryl methyl sites for hydroxylation is 1. The van der Waals surface area contributed by atoms with Gasteiger partial charge in [-0.05, 0) is 56.2 Å². The van der Waals surface area contributed by atoms with Crippen molar-refractivity contribution in [3.8, 4) is 0 Å². The molecule has 1 N–H and O–H groups in total. The predicted molar refractivity (Wildman–Crippen MR) is 139 cm³/mol. The molecule has 1 aromatic heterocycles. The van der Waals surface area contributed by atoms with Gasteiger partial charge in [0.05, 0.1) is 22.2 Å². The Balaban J connectivity index is 1.52. The molecule has 0 spiro atoms. The number of rotatable bonds is 6. The Labute approximate surface area is 212 Å². The number of carbonyl (C=O) groups is 1. The molecule has 192 valence electrons. The van der Waals surface area contributed by atoms with Gasteiger partial charge < -0.3 is 14.6 Å². The first-order valence-corrected chi connectivity index (χ1v) is 12.4. The monoisotopic (exact) mass is 506 g/mol. The number of carboxylic acid groups (broad SMARTS) is 1. The molecule has 37 heavy (non-hydrogen) atoms. The van der Waals surface area contributed by atoms with Crippen LogP contribution in [0.1, 0.15) is 59.6 Å². The summed E-state index contributed by atoms with van der Waals surface area (Å²) in [6.45, 7) is 2.86. The van der Waals surface area contributed by atoms with Gasteiger partial charge in [-0.25, -0.2) is 9.18 Å². The molecule has 10 heteroatoms. The van der Waals surface area contributed by atoms with Crippen molar-refractivity contribution in [1.29, 1.82) is 0 Å². The molecule has 0 bridgehead atoms. The number of anilines is 1. The third kappa shape index (κ3) is 4.83. The van der Waals surface area contributed by atoms with E-state index in [2.05, 4.69) is 4.99 Å². The number of nitro benzene ring substituents is 1. The lowest BCUT2D eigenvalue weighted by atomic mass is 10.0. The number of aromatic carboxylic acids is 1. The number of nitro groups is 1. The first kappa shape index (κ1) is 24.6. The van der Waals surface area contributed by atoms with Gasteiger partial charge in [0, 0.05) is 49.1 Å². The Morgan fingerprint density at radius 1 is 1.24 bits per heavy atom. The third-order valence-electron chi connectivity index (χ3n) is 7.13. The molecule has 1 atom stereocenters. The fourth-order valence-corrected chi connectivity index (χ4v) is 5.21. The minimum atomic E-state index is -1.32. The van der Waals surface area contributed by atoms with E-state index in [-0.39, 0.29) is 28.7 Å². The quantitative estimate of drug-likeness (QED) is 0.290. The van der Waals surface area contributed by atoms with Gasteiger partial charge in [-0.2, -0.15) is 0 Å². The van der Waals surface area contributed by atoms with Crippen molar-refractivity contribution in [2.24, 2.45) is 4.99 Å². The van der Waals surface area contributed by atoms with Crippen LogP contribution in [0.5, 0.6) is 0 Å². The molecular weight excluding hydrogens is 479 g/mol. The number of aromatic nitrogens is 1. The number of aliphatic imine (C=N–C) groups is 1. The average molecular weight is 507 g/mol. The standard InChI is InChI=1S/C27H27FN4O5/c1-16-24-21(26(33)22(27(34)35)15-31(24)19-8-9-19)12-23(28)25(16)30-10-3-2-6-18(14-30)29-13-17-5-4-7-20(11-17)32(36)37/h4-5,7,11-13,15,18-19H,2-3,6,8-10,14H2,1H3,(H,34,35)/b29-13+/t18-/m1/s1. The highest BCUT2D eigenvalue weighted by molar-refractivity contribution is 5.95. The summed E-state index contributed by atoms with van der Waals surface area (Å²) in [5.41, 5.74) is 1.18. The lowest BCUT2D eigenvalue weighted by molar-refractivity contribution is -0.384. The number of carboxylic acids is 1. The highest BCUT2D eigenvalue weighted by Crippen LogP contribution is 2.40. The van der Waals surface area contributed by atoms with Crippen LogP contribution in [0.2, 0.25) is 0 Å². The molecule has 2 aliphatic rings. The second kappa shape index (κ2) is 9.76. The van der Waals surface area contributed by atoms with Crippen molar-refractivity contribution < 1.29 is 19.2 Å². The molecule has 1 aliphatic carbocycles. The third-order valence-corrected chi connectivity index (χ3v) is 7.13. The second-order valence-electron chi connectivity index (χ2n) is 9.77. The number of benzene rings is 2. The number of hydrogen-bond donors (Lipinski definition) is 1. The molecule has 2 fully saturated rings. The van der Waals surface area contributed by atoms with Crippen LogP contribution in [-0.4, -0.2) is 45.9 Å². The summed E-state index contributed by atoms with van der Waals surface area (Å²) < 4.78 is 17.4. The molecule has 0 amide bonds. The summed E-state index contributed by atoms with van der Waals surface area (Å²) in [5, 5.41) is 20.7. The maximum atomic E-state index is 15.6. The Hall–Kier alpha value is -4.08. The SMILES string of the molecule is Cc1c(N2CCCC[C@@H](/N=C/c3cccc([N+](=O)[O-])c3)C2)c(F)cc2c(=O)c(C(=O)O)cn(C3CC3)c12. The number of pyridine rings is 1. The number of non-ortho nitro benzene ring substituents is 1. The zero-order valence-corrected chi connectivity index (χ0v) is 20.4. The first-order chi connectivity index (χ1) is 17.7. The Kier molecular flexibility index (Phi) is 6.49. The lowest BCUT2D eigenvalue weighted by Gasteiger charge is -2.28. The molecule has 1 saturated carbocycles. The van der Waals surface area contributed by atoms with E-state index in [9.17, 15) is 24.8 Å². The van der Waals surface area contributed by atoms with Gasteiger partial charge in [0.25, 0.3) is 5.69 Å². The molecule has 9 nitrogen and oxygen atoms in total. The summed E-state index contributed by atoms with van der Waals surface area (Å²) in [7, 11) is 0. The first-order valence-electron chi connectivity index (χ1n) is 12.4. The van der Waals surface area contributed by atoms with Gasteiger partial charge >= 0.3 is 5.97 Å². The van der Waals surface area contributed by atoms with E-state index >= 15 is 4.39 Å². The minimum Gasteiger partial charge on any atom is -0.477 e. The molecule has 1 aliphatic heterocycles. The zero-order valence-electron chi connectivity index (χ0n) is 20.4. The van der Waals surface area contributed by atoms with Crippen molar-refractivity contribution in [2.45, 2.75) is 51.1 Å². The molecule has 0 radical (unpaired) electrons. The predicted octanol–water partition coefficient (Wildman–Crippen LogP) is 4.87. The van der Waals surface area contributed by atoms with Crippen LogP contribution < -0.4 is 10.3 Å². The van der Waals surface area contributed by atoms with E-state index < -0.39 is 22.1 Å². The fraction of sp³-hybridized carbons (Fsp3) is 0.370. The lowest BCUT2D eigenvalue weighted by Crippen LogP contribution is -2.32. The van der Waals surface area contributed by atoms with Crippen LogP contribution in [0.3, 0.4) is 0 Å². The van der Waals surface area contributed by atoms with Gasteiger partial charge in [-0.1, -0.05) is 12.1 Å². The topological polar surface area (TPSA) is 118 Å². The highest BCUT2D eigenvalue weighted by atomic mass is 19.1. The van der Waals surface area contributed by atoms with E-state index in [0.717, 1.165) is 32.1 Å². The molecule has 1 saturated heterocycles. The minimum absolute atomic E-state index is 0.00642. The molecule has 3 aromatic rings. The Morgan fingerprint density at radius 3 is 2.73 bits per heavy atom. The maximum Gasteiger partial charge on any atom is 0.341 e. The van der Waals surface area contributed by atoms with Gasteiger partial charge in [0.15, 0.2) is 0 Å². The summed E-state index contributed by atoms with van der Waals surface area (Å²) in [6, 6.07) is 7.38. The van der Waals surface area contributed by atoms with Gasteiger partial charge in [0.2, 0.25) is 5.43 Å². The maximum absolute atomic E-state index is 15.6. The molecule has 5 rings (SSSR count). The summed E-state index contributed by atoms with van der Waals surface area (Å²) in [4.78, 5) is 41.9. The molecule has 0 unspecified atom stereocenters. The van der Waals surface area contributed by atoms with Crippen LogP contribution in [-0.2, 0) is 0 Å². The van der Waals surface area contributed by atoms with Crippen molar-refractivity contribution >= 4 is 34.5 Å². The van der Waals surface area contributed by atoms with E-state index in [4.69, 9.17) is 0 Å². The van der Waals surface area contributed by atoms with Crippen molar-refractivity contribution in [3.63, 3.8) is 0 Å². The van der Waals surface area contributed by atoms with Crippen LogP contribution in [0.15, 0.2) is 46.3 Å². The van der Waals surface area contributed by atoms with Crippen LogP contribution in [0.4, 0.5) is 15.8 Å². The second-order valence-corrected chi connectivity index (χ2v) is 9.77. The van der Waals surface area contributed by atoms with Crippen molar-refractivity contribution in [3.05, 3.63) is 79.4 Å². The fourth-order valence-electron chi connectivity index (χ4n) is 5.21. The zero-order chi connectivity index (χ0) is 26.3. The summed E-state index contributed by atoms with van der Waals surface area (Å²) in [6.07, 6.45) is 7.31. The smallest absolute Gasteiger partial charge is 0.341 e. The Bertz CT molecular complexity index is 1490. The van der Waals surface area contributed by atoms with E-state index in [0.29, 0.717) is 35.4 Å². The van der Waals surface area contributed by atoms with Crippen LogP contribution >= 0.6 is 0 Å². The Morgan fingerprint density at radius 2 is 2.03 bits per heavy atom. The van der Waals surface area contributed by atoms with E-state index in [1.54, 1.807) is 25.3 Å².